The number of aliphatic hydroxyl groups is 1. The number of nitrogens with zero attached hydrogens (tertiary/aromatic N) is 2. The predicted octanol–water partition coefficient (Wildman–Crippen LogP) is 5.29. The highest BCUT2D eigenvalue weighted by molar-refractivity contribution is 7.11. The Morgan fingerprint density at radius 1 is 1.20 bits per heavy atom. The Morgan fingerprint density at radius 2 is 2.00 bits per heavy atom. The highest BCUT2D eigenvalue weighted by Crippen LogP contribution is 2.33. The van der Waals surface area contributed by atoms with Gasteiger partial charge in [0.2, 0.25) is 0 Å². The first-order chi connectivity index (χ1) is 12.1. The van der Waals surface area contributed by atoms with Crippen molar-refractivity contribution in [1.82, 2.24) is 9.88 Å². The molecular formula is C18H14ClN3OS2. The van der Waals surface area contributed by atoms with E-state index < -0.39 is 0 Å². The predicted molar refractivity (Wildman–Crippen MR) is 105 cm³/mol. The van der Waals surface area contributed by atoms with Crippen molar-refractivity contribution in [3.63, 3.8) is 0 Å². The van der Waals surface area contributed by atoms with Crippen LogP contribution in [0.3, 0.4) is 0 Å². The average Bonchev–Trinajstić information content (AvgIpc) is 3.31. The first-order valence-corrected chi connectivity index (χ1v) is 9.76. The zero-order valence-electron chi connectivity index (χ0n) is 13.1. The Bertz CT molecular complexity index is 945. The molecular weight excluding hydrogens is 374 g/mol. The second kappa shape index (κ2) is 6.63. The monoisotopic (exact) mass is 387 g/mol. The van der Waals surface area contributed by atoms with E-state index in [4.69, 9.17) is 17.0 Å². The van der Waals surface area contributed by atoms with Crippen LogP contribution in [0.4, 0.5) is 0 Å². The molecule has 0 saturated carbocycles. The van der Waals surface area contributed by atoms with E-state index >= 15 is 0 Å². The SMILES string of the molecule is N=C1C(c2nc(-c3ccc(Cl)cc3)cs2)=C(O)CN1Cc1cccs1. The van der Waals surface area contributed by atoms with Crippen LogP contribution in [0.25, 0.3) is 16.8 Å². The number of aromatic nitrogens is 1. The van der Waals surface area contributed by atoms with Crippen molar-refractivity contribution in [3.8, 4) is 11.3 Å². The molecule has 3 heterocycles. The lowest BCUT2D eigenvalue weighted by Gasteiger charge is -2.17. The van der Waals surface area contributed by atoms with Crippen LogP contribution >= 0.6 is 34.3 Å². The molecule has 0 unspecified atom stereocenters. The molecule has 0 bridgehead atoms. The number of rotatable bonds is 4. The summed E-state index contributed by atoms with van der Waals surface area (Å²) in [7, 11) is 0. The molecule has 0 saturated heterocycles. The molecule has 25 heavy (non-hydrogen) atoms. The van der Waals surface area contributed by atoms with Crippen molar-refractivity contribution < 1.29 is 5.11 Å². The van der Waals surface area contributed by atoms with Crippen LogP contribution in [0.15, 0.2) is 52.9 Å². The van der Waals surface area contributed by atoms with Crippen molar-refractivity contribution in [2.24, 2.45) is 0 Å². The summed E-state index contributed by atoms with van der Waals surface area (Å²) in [6.45, 7) is 0.974. The molecule has 0 radical (unpaired) electrons. The molecule has 126 valence electrons. The normalized spacial score (nSPS) is 14.6. The minimum atomic E-state index is 0.207. The van der Waals surface area contributed by atoms with Gasteiger partial charge >= 0.3 is 0 Å². The summed E-state index contributed by atoms with van der Waals surface area (Å²) in [6.07, 6.45) is 0. The molecule has 0 spiro atoms. The van der Waals surface area contributed by atoms with Crippen LogP contribution in [0.5, 0.6) is 0 Å². The molecule has 2 N–H and O–H groups in total. The molecule has 3 aromatic rings. The van der Waals surface area contributed by atoms with Crippen LogP contribution in [-0.2, 0) is 6.54 Å². The quantitative estimate of drug-likeness (QED) is 0.639. The Balaban J connectivity index is 1.58. The van der Waals surface area contributed by atoms with E-state index in [1.807, 2.05) is 52.1 Å². The smallest absolute Gasteiger partial charge is 0.135 e. The van der Waals surface area contributed by atoms with Crippen molar-refractivity contribution >= 4 is 45.7 Å². The van der Waals surface area contributed by atoms with E-state index in [0.29, 0.717) is 34.5 Å². The van der Waals surface area contributed by atoms with Gasteiger partial charge in [-0.1, -0.05) is 29.8 Å². The summed E-state index contributed by atoms with van der Waals surface area (Å²) in [5.74, 6) is 0.529. The first-order valence-electron chi connectivity index (χ1n) is 7.62. The van der Waals surface area contributed by atoms with E-state index in [1.165, 1.54) is 16.2 Å². The lowest BCUT2D eigenvalue weighted by molar-refractivity contribution is 0.348. The number of thiophene rings is 1. The molecule has 0 atom stereocenters. The van der Waals surface area contributed by atoms with E-state index in [9.17, 15) is 5.11 Å². The number of benzene rings is 1. The second-order valence-corrected chi connectivity index (χ2v) is 7.98. The first kappa shape index (κ1) is 16.3. The maximum atomic E-state index is 10.4. The summed E-state index contributed by atoms with van der Waals surface area (Å²) < 4.78 is 0. The number of nitrogens with one attached hydrogen (secondary N) is 1. The summed E-state index contributed by atoms with van der Waals surface area (Å²) in [6, 6.07) is 11.5. The number of amidine groups is 1. The van der Waals surface area contributed by atoms with Gasteiger partial charge in [0.25, 0.3) is 0 Å². The van der Waals surface area contributed by atoms with Gasteiger partial charge in [-0.15, -0.1) is 22.7 Å². The van der Waals surface area contributed by atoms with Crippen molar-refractivity contribution in [3.05, 3.63) is 67.8 Å². The van der Waals surface area contributed by atoms with Gasteiger partial charge in [0.15, 0.2) is 0 Å². The molecule has 1 aliphatic rings. The summed E-state index contributed by atoms with van der Waals surface area (Å²) in [5.41, 5.74) is 2.32. The number of aliphatic hydroxyl groups excluding tert-OH is 1. The van der Waals surface area contributed by atoms with E-state index in [0.717, 1.165) is 11.3 Å². The number of hydrogen-bond donors (Lipinski definition) is 2. The highest BCUT2D eigenvalue weighted by Gasteiger charge is 2.30. The summed E-state index contributed by atoms with van der Waals surface area (Å²) in [5, 5.41) is 24.1. The third-order valence-electron chi connectivity index (χ3n) is 3.97. The molecule has 0 aliphatic carbocycles. The Morgan fingerprint density at radius 3 is 2.72 bits per heavy atom. The van der Waals surface area contributed by atoms with Gasteiger partial charge in [-0.2, -0.15) is 0 Å². The number of halogens is 1. The molecule has 1 aromatic carbocycles. The zero-order valence-corrected chi connectivity index (χ0v) is 15.5. The number of thiazole rings is 1. The minimum Gasteiger partial charge on any atom is -0.510 e. The second-order valence-electron chi connectivity index (χ2n) is 5.65. The fourth-order valence-electron chi connectivity index (χ4n) is 2.73. The van der Waals surface area contributed by atoms with Gasteiger partial charge in [-0.3, -0.25) is 5.41 Å². The molecule has 2 aromatic heterocycles. The van der Waals surface area contributed by atoms with Gasteiger partial charge in [-0.25, -0.2) is 4.98 Å². The molecule has 0 amide bonds. The van der Waals surface area contributed by atoms with Crippen LogP contribution in [-0.4, -0.2) is 27.4 Å². The maximum Gasteiger partial charge on any atom is 0.135 e. The Hall–Kier alpha value is -2.15. The lowest BCUT2D eigenvalue weighted by atomic mass is 10.2. The van der Waals surface area contributed by atoms with Crippen LogP contribution in [0.2, 0.25) is 5.02 Å². The maximum absolute atomic E-state index is 10.4. The van der Waals surface area contributed by atoms with Crippen LogP contribution < -0.4 is 0 Å². The largest absolute Gasteiger partial charge is 0.510 e. The molecule has 1 aliphatic heterocycles. The molecule has 7 heteroatoms. The standard InChI is InChI=1S/C18H14ClN3OS2/c19-12-5-3-11(4-6-12)14-10-25-18(21-14)16-15(23)9-22(17(16)20)8-13-2-1-7-24-13/h1-7,10,20,23H,8-9H2. The highest BCUT2D eigenvalue weighted by atomic mass is 35.5. The van der Waals surface area contributed by atoms with E-state index in [2.05, 4.69) is 4.98 Å². The summed E-state index contributed by atoms with van der Waals surface area (Å²) >= 11 is 9.02. The fraction of sp³-hybridized carbons (Fsp3) is 0.111. The topological polar surface area (TPSA) is 60.2 Å². The molecule has 4 rings (SSSR count). The number of hydrogen-bond acceptors (Lipinski definition) is 5. The Kier molecular flexibility index (Phi) is 4.33. The van der Waals surface area contributed by atoms with Gasteiger partial charge in [0.1, 0.15) is 16.6 Å². The minimum absolute atomic E-state index is 0.207. The van der Waals surface area contributed by atoms with Gasteiger partial charge < -0.3 is 10.0 Å². The van der Waals surface area contributed by atoms with Gasteiger partial charge in [0, 0.05) is 20.8 Å². The molecule has 4 nitrogen and oxygen atoms in total. The van der Waals surface area contributed by atoms with Crippen molar-refractivity contribution in [2.45, 2.75) is 6.54 Å². The van der Waals surface area contributed by atoms with E-state index in [1.54, 1.807) is 11.3 Å². The van der Waals surface area contributed by atoms with Gasteiger partial charge in [0.05, 0.1) is 24.4 Å². The average molecular weight is 388 g/mol. The van der Waals surface area contributed by atoms with Gasteiger partial charge in [-0.05, 0) is 23.6 Å². The van der Waals surface area contributed by atoms with Crippen molar-refractivity contribution in [2.75, 3.05) is 6.54 Å². The third-order valence-corrected chi connectivity index (χ3v) is 5.94. The summed E-state index contributed by atoms with van der Waals surface area (Å²) in [4.78, 5) is 7.64. The fourth-order valence-corrected chi connectivity index (χ4v) is 4.47. The molecule has 0 fully saturated rings. The lowest BCUT2D eigenvalue weighted by Crippen LogP contribution is -2.25. The third kappa shape index (κ3) is 3.20. The van der Waals surface area contributed by atoms with Crippen molar-refractivity contribution in [1.29, 1.82) is 5.41 Å². The van der Waals surface area contributed by atoms with E-state index in [-0.39, 0.29) is 5.76 Å². The van der Waals surface area contributed by atoms with Crippen LogP contribution in [0.1, 0.15) is 9.88 Å². The Labute approximate surface area is 158 Å². The van der Waals surface area contributed by atoms with Crippen LogP contribution in [0, 0.1) is 5.41 Å². The zero-order chi connectivity index (χ0) is 17.4.